The molecule has 2 unspecified atom stereocenters. The number of hydrogen-bond donors (Lipinski definition) is 2. The third-order valence-electron chi connectivity index (χ3n) is 2.81. The van der Waals surface area contributed by atoms with Crippen molar-refractivity contribution in [1.29, 1.82) is 0 Å². The molecule has 0 radical (unpaired) electrons. The number of piperidine rings is 1. The maximum atomic E-state index is 11.6. The predicted molar refractivity (Wildman–Crippen MR) is 54.7 cm³/mol. The Morgan fingerprint density at radius 2 is 2.36 bits per heavy atom. The van der Waals surface area contributed by atoms with Crippen LogP contribution in [0.4, 0.5) is 0 Å². The summed E-state index contributed by atoms with van der Waals surface area (Å²) in [6.45, 7) is 3.92. The molecular weight excluding hydrogens is 180 g/mol. The predicted octanol–water partition coefficient (Wildman–Crippen LogP) is -0.0454. The molecule has 0 saturated carbocycles. The second-order valence-corrected chi connectivity index (χ2v) is 4.07. The molecular formula is C10H20N2O2. The highest BCUT2D eigenvalue weighted by Crippen LogP contribution is 2.17. The minimum absolute atomic E-state index is 0.175. The van der Waals surface area contributed by atoms with E-state index in [2.05, 4.69) is 0 Å². The standard InChI is InChI=1S/C10H20N2O2/c1-8-7-12(6-4-9(8)13)10(14)3-2-5-11/h8-9,13H,2-7,11H2,1H3. The van der Waals surface area contributed by atoms with Crippen molar-refractivity contribution in [2.75, 3.05) is 19.6 Å². The van der Waals surface area contributed by atoms with Crippen LogP contribution in [0.3, 0.4) is 0 Å². The van der Waals surface area contributed by atoms with Gasteiger partial charge in [-0.3, -0.25) is 4.79 Å². The number of aliphatic hydroxyl groups is 1. The van der Waals surface area contributed by atoms with Crippen LogP contribution >= 0.6 is 0 Å². The topological polar surface area (TPSA) is 66.6 Å². The van der Waals surface area contributed by atoms with E-state index >= 15 is 0 Å². The average Bonchev–Trinajstić information content (AvgIpc) is 2.18. The van der Waals surface area contributed by atoms with E-state index in [1.54, 1.807) is 0 Å². The van der Waals surface area contributed by atoms with E-state index in [4.69, 9.17) is 5.73 Å². The fourth-order valence-electron chi connectivity index (χ4n) is 1.77. The summed E-state index contributed by atoms with van der Waals surface area (Å²) in [4.78, 5) is 13.4. The largest absolute Gasteiger partial charge is 0.393 e. The highest BCUT2D eigenvalue weighted by Gasteiger charge is 2.26. The first-order chi connectivity index (χ1) is 6.65. The van der Waals surface area contributed by atoms with Crippen LogP contribution < -0.4 is 5.73 Å². The maximum Gasteiger partial charge on any atom is 0.222 e. The van der Waals surface area contributed by atoms with Gasteiger partial charge in [0.2, 0.25) is 5.91 Å². The molecule has 1 amide bonds. The first kappa shape index (κ1) is 11.5. The van der Waals surface area contributed by atoms with Crippen LogP contribution in [0.25, 0.3) is 0 Å². The zero-order valence-electron chi connectivity index (χ0n) is 8.78. The highest BCUT2D eigenvalue weighted by atomic mass is 16.3. The van der Waals surface area contributed by atoms with Gasteiger partial charge in [0, 0.05) is 19.5 Å². The molecule has 2 atom stereocenters. The Bertz CT molecular complexity index is 197. The molecule has 14 heavy (non-hydrogen) atoms. The van der Waals surface area contributed by atoms with Crippen LogP contribution in [0.5, 0.6) is 0 Å². The van der Waals surface area contributed by atoms with Gasteiger partial charge >= 0.3 is 0 Å². The highest BCUT2D eigenvalue weighted by molar-refractivity contribution is 5.76. The minimum Gasteiger partial charge on any atom is -0.393 e. The summed E-state index contributed by atoms with van der Waals surface area (Å²) in [5.74, 6) is 0.375. The Hall–Kier alpha value is -0.610. The number of likely N-dealkylation sites (tertiary alicyclic amines) is 1. The Morgan fingerprint density at radius 3 is 2.93 bits per heavy atom. The summed E-state index contributed by atoms with van der Waals surface area (Å²) in [5.41, 5.74) is 5.34. The van der Waals surface area contributed by atoms with E-state index in [0.29, 0.717) is 32.5 Å². The third-order valence-corrected chi connectivity index (χ3v) is 2.81. The number of aliphatic hydroxyl groups excluding tert-OH is 1. The number of rotatable bonds is 3. The Labute approximate surface area is 85.1 Å². The molecule has 0 bridgehead atoms. The van der Waals surface area contributed by atoms with Crippen molar-refractivity contribution in [3.05, 3.63) is 0 Å². The molecule has 0 aliphatic carbocycles. The summed E-state index contributed by atoms with van der Waals surface area (Å²) in [5, 5.41) is 9.50. The zero-order valence-corrected chi connectivity index (χ0v) is 8.78. The molecule has 1 fully saturated rings. The monoisotopic (exact) mass is 200 g/mol. The number of amides is 1. The van der Waals surface area contributed by atoms with Gasteiger partial charge in [0.05, 0.1) is 6.10 Å². The molecule has 82 valence electrons. The molecule has 1 rings (SSSR count). The van der Waals surface area contributed by atoms with Gasteiger partial charge in [-0.25, -0.2) is 0 Å². The Kier molecular flexibility index (Phi) is 4.35. The molecule has 4 heteroatoms. The van der Waals surface area contributed by atoms with Crippen molar-refractivity contribution in [2.24, 2.45) is 11.7 Å². The fraction of sp³-hybridized carbons (Fsp3) is 0.900. The van der Waals surface area contributed by atoms with Crippen molar-refractivity contribution >= 4 is 5.91 Å². The first-order valence-electron chi connectivity index (χ1n) is 5.31. The molecule has 4 nitrogen and oxygen atoms in total. The van der Waals surface area contributed by atoms with Crippen molar-refractivity contribution in [1.82, 2.24) is 4.90 Å². The summed E-state index contributed by atoms with van der Waals surface area (Å²) >= 11 is 0. The van der Waals surface area contributed by atoms with Crippen molar-refractivity contribution in [3.8, 4) is 0 Å². The van der Waals surface area contributed by atoms with Crippen LogP contribution in [0.1, 0.15) is 26.2 Å². The van der Waals surface area contributed by atoms with Gasteiger partial charge in [0.25, 0.3) is 0 Å². The molecule has 0 aromatic heterocycles. The Balaban J connectivity index is 2.34. The fourth-order valence-corrected chi connectivity index (χ4v) is 1.77. The summed E-state index contributed by atoms with van der Waals surface area (Å²) < 4.78 is 0. The molecule has 1 heterocycles. The Morgan fingerprint density at radius 1 is 1.64 bits per heavy atom. The van der Waals surface area contributed by atoms with Gasteiger partial charge in [-0.1, -0.05) is 6.92 Å². The SMILES string of the molecule is CC1CN(C(=O)CCCN)CCC1O. The van der Waals surface area contributed by atoms with Crippen molar-refractivity contribution < 1.29 is 9.90 Å². The van der Waals surface area contributed by atoms with Gasteiger partial charge in [0.15, 0.2) is 0 Å². The molecule has 0 aromatic rings. The lowest BCUT2D eigenvalue weighted by Crippen LogP contribution is -2.44. The van der Waals surface area contributed by atoms with E-state index in [0.717, 1.165) is 6.42 Å². The van der Waals surface area contributed by atoms with Crippen LogP contribution in [0.15, 0.2) is 0 Å². The molecule has 1 saturated heterocycles. The first-order valence-corrected chi connectivity index (χ1v) is 5.31. The second kappa shape index (κ2) is 5.32. The number of hydrogen-bond acceptors (Lipinski definition) is 3. The van der Waals surface area contributed by atoms with Crippen molar-refractivity contribution in [3.63, 3.8) is 0 Å². The van der Waals surface area contributed by atoms with Gasteiger partial charge in [-0.05, 0) is 25.3 Å². The van der Waals surface area contributed by atoms with E-state index in [-0.39, 0.29) is 17.9 Å². The molecule has 0 aromatic carbocycles. The van der Waals surface area contributed by atoms with Gasteiger partial charge in [-0.2, -0.15) is 0 Å². The van der Waals surface area contributed by atoms with Crippen LogP contribution in [0.2, 0.25) is 0 Å². The van der Waals surface area contributed by atoms with E-state index in [1.165, 1.54) is 0 Å². The molecule has 1 aliphatic heterocycles. The number of carbonyl (C=O) groups is 1. The summed E-state index contributed by atoms with van der Waals surface area (Å²) in [6.07, 6.45) is 1.76. The summed E-state index contributed by atoms with van der Waals surface area (Å²) in [7, 11) is 0. The van der Waals surface area contributed by atoms with Crippen LogP contribution in [-0.2, 0) is 4.79 Å². The number of nitrogens with two attached hydrogens (primary N) is 1. The van der Waals surface area contributed by atoms with Gasteiger partial charge in [0.1, 0.15) is 0 Å². The third kappa shape index (κ3) is 2.96. The molecule has 3 N–H and O–H groups in total. The normalized spacial score (nSPS) is 27.8. The lowest BCUT2D eigenvalue weighted by atomic mass is 9.96. The van der Waals surface area contributed by atoms with E-state index < -0.39 is 0 Å². The minimum atomic E-state index is -0.242. The zero-order chi connectivity index (χ0) is 10.6. The smallest absolute Gasteiger partial charge is 0.222 e. The lowest BCUT2D eigenvalue weighted by molar-refractivity contribution is -0.134. The van der Waals surface area contributed by atoms with E-state index in [9.17, 15) is 9.90 Å². The van der Waals surface area contributed by atoms with Crippen LogP contribution in [-0.4, -0.2) is 41.7 Å². The average molecular weight is 200 g/mol. The van der Waals surface area contributed by atoms with Gasteiger partial charge in [-0.15, -0.1) is 0 Å². The van der Waals surface area contributed by atoms with Gasteiger partial charge < -0.3 is 15.7 Å². The van der Waals surface area contributed by atoms with Crippen LogP contribution in [0, 0.1) is 5.92 Å². The van der Waals surface area contributed by atoms with Crippen molar-refractivity contribution in [2.45, 2.75) is 32.3 Å². The maximum absolute atomic E-state index is 11.6. The summed E-state index contributed by atoms with van der Waals surface area (Å²) in [6, 6.07) is 0. The second-order valence-electron chi connectivity index (χ2n) is 4.07. The number of nitrogens with zero attached hydrogens (tertiary/aromatic N) is 1. The quantitative estimate of drug-likeness (QED) is 0.671. The lowest BCUT2D eigenvalue weighted by Gasteiger charge is -2.34. The number of carbonyl (C=O) groups excluding carboxylic acids is 1. The van der Waals surface area contributed by atoms with E-state index in [1.807, 2.05) is 11.8 Å². The molecule has 0 spiro atoms. The molecule has 1 aliphatic rings.